The molecule has 0 fully saturated rings. The van der Waals surface area contributed by atoms with E-state index in [1.165, 1.54) is 12.1 Å². The van der Waals surface area contributed by atoms with Gasteiger partial charge >= 0.3 is 6.18 Å². The van der Waals surface area contributed by atoms with Crippen molar-refractivity contribution in [1.82, 2.24) is 5.32 Å². The summed E-state index contributed by atoms with van der Waals surface area (Å²) < 4.78 is 43.4. The second kappa shape index (κ2) is 9.34. The monoisotopic (exact) mass is 428 g/mol. The van der Waals surface area contributed by atoms with Crippen molar-refractivity contribution in [2.45, 2.75) is 12.6 Å². The van der Waals surface area contributed by atoms with Gasteiger partial charge < -0.3 is 15.8 Å². The molecule has 0 saturated heterocycles. The summed E-state index contributed by atoms with van der Waals surface area (Å²) in [6, 6.07) is 17.6. The lowest BCUT2D eigenvalue weighted by Gasteiger charge is -2.09. The first-order valence-corrected chi connectivity index (χ1v) is 9.34. The Morgan fingerprint density at radius 3 is 1.81 bits per heavy atom. The molecule has 0 aromatic heterocycles. The minimum Gasteiger partial charge on any atom is -0.457 e. The molecule has 3 rings (SSSR count). The summed E-state index contributed by atoms with van der Waals surface area (Å²) in [5, 5.41) is 2.73. The van der Waals surface area contributed by atoms with Crippen molar-refractivity contribution in [1.29, 1.82) is 0 Å². The number of amides is 2. The zero-order chi connectivity index (χ0) is 22.4. The molecule has 0 aliphatic carbocycles. The molecule has 31 heavy (non-hydrogen) atoms. The van der Waals surface area contributed by atoms with Gasteiger partial charge in [-0.15, -0.1) is 0 Å². The molecule has 0 atom stereocenters. The lowest BCUT2D eigenvalue weighted by Crippen LogP contribution is -2.25. The average Bonchev–Trinajstić information content (AvgIpc) is 2.74. The molecule has 8 heteroatoms. The van der Waals surface area contributed by atoms with Gasteiger partial charge in [0.2, 0.25) is 5.91 Å². The van der Waals surface area contributed by atoms with Gasteiger partial charge in [0.25, 0.3) is 5.91 Å². The first-order valence-electron chi connectivity index (χ1n) is 9.34. The first-order chi connectivity index (χ1) is 14.7. The molecule has 0 spiro atoms. The van der Waals surface area contributed by atoms with Crippen molar-refractivity contribution in [2.24, 2.45) is 5.73 Å². The van der Waals surface area contributed by atoms with Crippen LogP contribution >= 0.6 is 0 Å². The topological polar surface area (TPSA) is 81.4 Å². The van der Waals surface area contributed by atoms with E-state index in [9.17, 15) is 22.8 Å². The summed E-state index contributed by atoms with van der Waals surface area (Å²) in [5.74, 6) is 0.191. The van der Waals surface area contributed by atoms with E-state index < -0.39 is 17.6 Å². The number of hydrogen-bond acceptors (Lipinski definition) is 3. The summed E-state index contributed by atoms with van der Waals surface area (Å²) in [5.41, 5.74) is 5.97. The van der Waals surface area contributed by atoms with E-state index in [2.05, 4.69) is 5.32 Å². The summed E-state index contributed by atoms with van der Waals surface area (Å²) in [7, 11) is 0. The van der Waals surface area contributed by atoms with Crippen molar-refractivity contribution in [3.63, 3.8) is 0 Å². The Morgan fingerprint density at radius 2 is 1.32 bits per heavy atom. The fourth-order valence-corrected chi connectivity index (χ4v) is 2.78. The van der Waals surface area contributed by atoms with Crippen molar-refractivity contribution in [2.75, 3.05) is 6.54 Å². The maximum absolute atomic E-state index is 12.6. The van der Waals surface area contributed by atoms with Crippen molar-refractivity contribution < 1.29 is 27.5 Å². The van der Waals surface area contributed by atoms with E-state index in [0.29, 0.717) is 34.6 Å². The summed E-state index contributed by atoms with van der Waals surface area (Å²) >= 11 is 0. The number of nitrogens with one attached hydrogen (secondary N) is 1. The lowest BCUT2D eigenvalue weighted by atomic mass is 10.1. The zero-order valence-corrected chi connectivity index (χ0v) is 16.3. The van der Waals surface area contributed by atoms with Crippen LogP contribution in [-0.2, 0) is 12.6 Å². The average molecular weight is 428 g/mol. The Morgan fingerprint density at radius 1 is 0.806 bits per heavy atom. The van der Waals surface area contributed by atoms with E-state index in [1.54, 1.807) is 48.5 Å². The predicted molar refractivity (Wildman–Crippen MR) is 109 cm³/mol. The molecule has 3 N–H and O–H groups in total. The molecule has 0 bridgehead atoms. The molecule has 0 unspecified atom stereocenters. The summed E-state index contributed by atoms with van der Waals surface area (Å²) in [4.78, 5) is 23.3. The van der Waals surface area contributed by atoms with Gasteiger partial charge in [0.15, 0.2) is 0 Å². The number of carbonyl (C=O) groups excluding carboxylic acids is 2. The molecule has 0 aliphatic heterocycles. The minimum atomic E-state index is -4.37. The van der Waals surface area contributed by atoms with Crippen molar-refractivity contribution in [3.8, 4) is 11.5 Å². The highest BCUT2D eigenvalue weighted by atomic mass is 19.4. The van der Waals surface area contributed by atoms with Crippen LogP contribution in [0, 0.1) is 0 Å². The minimum absolute atomic E-state index is 0.286. The van der Waals surface area contributed by atoms with Gasteiger partial charge in [0, 0.05) is 17.7 Å². The highest BCUT2D eigenvalue weighted by Gasteiger charge is 2.29. The summed E-state index contributed by atoms with van der Waals surface area (Å²) in [6.07, 6.45) is -3.96. The molecule has 160 valence electrons. The van der Waals surface area contributed by atoms with Crippen LogP contribution in [0.15, 0.2) is 72.8 Å². The third kappa shape index (κ3) is 6.08. The van der Waals surface area contributed by atoms with E-state index in [0.717, 1.165) is 12.1 Å². The van der Waals surface area contributed by atoms with Crippen LogP contribution in [0.1, 0.15) is 31.8 Å². The van der Waals surface area contributed by atoms with E-state index in [-0.39, 0.29) is 12.5 Å². The smallest absolute Gasteiger partial charge is 0.416 e. The third-order valence-corrected chi connectivity index (χ3v) is 4.47. The Balaban J connectivity index is 1.50. The van der Waals surface area contributed by atoms with E-state index >= 15 is 0 Å². The SMILES string of the molecule is NC(=O)c1ccc(Oc2ccc(C(=O)NCCc3ccc(C(F)(F)F)cc3)cc2)cc1. The van der Waals surface area contributed by atoms with Gasteiger partial charge in [0.05, 0.1) is 5.56 Å². The standard InChI is InChI=1S/C23H19F3N2O3/c24-23(25,26)18-7-1-15(2-8-18)13-14-28-22(30)17-5-11-20(12-6-17)31-19-9-3-16(4-10-19)21(27)29/h1-12H,13-14H2,(H2,27,29)(H,28,30). The van der Waals surface area contributed by atoms with Crippen LogP contribution < -0.4 is 15.8 Å². The van der Waals surface area contributed by atoms with Crippen LogP contribution in [0.25, 0.3) is 0 Å². The predicted octanol–water partition coefficient (Wildman–Crippen LogP) is 4.57. The quantitative estimate of drug-likeness (QED) is 0.579. The molecule has 0 aliphatic rings. The van der Waals surface area contributed by atoms with Crippen LogP contribution in [0.3, 0.4) is 0 Å². The van der Waals surface area contributed by atoms with E-state index in [4.69, 9.17) is 10.5 Å². The summed E-state index contributed by atoms with van der Waals surface area (Å²) in [6.45, 7) is 0.286. The fraction of sp³-hybridized carbons (Fsp3) is 0.130. The Labute approximate surface area is 176 Å². The largest absolute Gasteiger partial charge is 0.457 e. The highest BCUT2D eigenvalue weighted by molar-refractivity contribution is 5.94. The van der Waals surface area contributed by atoms with Crippen LogP contribution in [-0.4, -0.2) is 18.4 Å². The zero-order valence-electron chi connectivity index (χ0n) is 16.3. The number of hydrogen-bond donors (Lipinski definition) is 2. The van der Waals surface area contributed by atoms with Gasteiger partial charge in [-0.2, -0.15) is 13.2 Å². The maximum atomic E-state index is 12.6. The second-order valence-electron chi connectivity index (χ2n) is 6.72. The van der Waals surface area contributed by atoms with Crippen LogP contribution in [0.5, 0.6) is 11.5 Å². The number of benzene rings is 3. The molecule has 3 aromatic rings. The van der Waals surface area contributed by atoms with Gasteiger partial charge in [-0.1, -0.05) is 12.1 Å². The number of carbonyl (C=O) groups is 2. The Hall–Kier alpha value is -3.81. The number of rotatable bonds is 7. The fourth-order valence-electron chi connectivity index (χ4n) is 2.78. The molecule has 0 heterocycles. The first kappa shape index (κ1) is 21.9. The molecule has 3 aromatic carbocycles. The molecule has 0 saturated carbocycles. The van der Waals surface area contributed by atoms with Gasteiger partial charge in [0.1, 0.15) is 11.5 Å². The second-order valence-corrected chi connectivity index (χ2v) is 6.72. The third-order valence-electron chi connectivity index (χ3n) is 4.47. The molecule has 0 radical (unpaired) electrons. The Kier molecular flexibility index (Phi) is 6.59. The lowest BCUT2D eigenvalue weighted by molar-refractivity contribution is -0.137. The van der Waals surface area contributed by atoms with Gasteiger partial charge in [-0.3, -0.25) is 9.59 Å². The number of halogens is 3. The molecular weight excluding hydrogens is 409 g/mol. The molecular formula is C23H19F3N2O3. The number of nitrogens with two attached hydrogens (primary N) is 1. The molecule has 5 nitrogen and oxygen atoms in total. The maximum Gasteiger partial charge on any atom is 0.416 e. The van der Waals surface area contributed by atoms with Crippen LogP contribution in [0.2, 0.25) is 0 Å². The number of primary amides is 1. The van der Waals surface area contributed by atoms with Gasteiger partial charge in [-0.05, 0) is 72.6 Å². The van der Waals surface area contributed by atoms with Crippen molar-refractivity contribution >= 4 is 11.8 Å². The Bertz CT molecular complexity index is 1050. The van der Waals surface area contributed by atoms with Gasteiger partial charge in [-0.25, -0.2) is 0 Å². The molecule has 2 amide bonds. The van der Waals surface area contributed by atoms with Crippen LogP contribution in [0.4, 0.5) is 13.2 Å². The number of alkyl halides is 3. The van der Waals surface area contributed by atoms with E-state index in [1.807, 2.05) is 0 Å². The van der Waals surface area contributed by atoms with Crippen molar-refractivity contribution in [3.05, 3.63) is 95.1 Å². The highest BCUT2D eigenvalue weighted by Crippen LogP contribution is 2.29. The number of ether oxygens (including phenoxy) is 1. The normalized spacial score (nSPS) is 11.1.